The maximum absolute atomic E-state index is 12.5. The molecular formula is C13H10BrClINO3S. The van der Waals surface area contributed by atoms with Crippen LogP contribution in [0.25, 0.3) is 0 Å². The summed E-state index contributed by atoms with van der Waals surface area (Å²) in [7, 11) is -3.77. The molecule has 8 heteroatoms. The van der Waals surface area contributed by atoms with E-state index < -0.39 is 10.0 Å². The van der Waals surface area contributed by atoms with Crippen LogP contribution in [-0.4, -0.2) is 13.5 Å². The number of benzene rings is 2. The minimum Gasteiger partial charge on any atom is -0.392 e. The zero-order valence-corrected chi connectivity index (χ0v) is 15.8. The van der Waals surface area contributed by atoms with Crippen molar-refractivity contribution < 1.29 is 13.5 Å². The monoisotopic (exact) mass is 501 g/mol. The van der Waals surface area contributed by atoms with E-state index in [1.54, 1.807) is 30.3 Å². The number of sulfonamides is 1. The molecule has 0 saturated heterocycles. The predicted molar refractivity (Wildman–Crippen MR) is 95.0 cm³/mol. The van der Waals surface area contributed by atoms with Gasteiger partial charge in [-0.3, -0.25) is 4.72 Å². The van der Waals surface area contributed by atoms with Gasteiger partial charge in [-0.1, -0.05) is 17.7 Å². The van der Waals surface area contributed by atoms with Crippen molar-refractivity contribution in [1.29, 1.82) is 0 Å². The summed E-state index contributed by atoms with van der Waals surface area (Å²) in [5.41, 5.74) is 0.964. The molecule has 0 aliphatic rings. The number of halogens is 3. The molecule has 0 fully saturated rings. The molecule has 2 aromatic rings. The molecule has 0 unspecified atom stereocenters. The summed E-state index contributed by atoms with van der Waals surface area (Å²) in [5, 5.41) is 9.67. The van der Waals surface area contributed by atoms with Crippen molar-refractivity contribution in [1.82, 2.24) is 0 Å². The highest BCUT2D eigenvalue weighted by molar-refractivity contribution is 14.1. The van der Waals surface area contributed by atoms with E-state index in [1.165, 1.54) is 6.07 Å². The molecule has 0 saturated carbocycles. The van der Waals surface area contributed by atoms with Crippen LogP contribution < -0.4 is 4.72 Å². The lowest BCUT2D eigenvalue weighted by Gasteiger charge is -2.12. The Morgan fingerprint density at radius 1 is 1.24 bits per heavy atom. The largest absolute Gasteiger partial charge is 0.392 e. The number of aliphatic hydroxyl groups excluding tert-OH is 1. The average molecular weight is 503 g/mol. The number of nitrogens with one attached hydrogen (secondary N) is 1. The number of anilines is 1. The van der Waals surface area contributed by atoms with Gasteiger partial charge in [-0.25, -0.2) is 8.42 Å². The molecule has 0 atom stereocenters. The molecule has 0 amide bonds. The Labute approximate surface area is 149 Å². The van der Waals surface area contributed by atoms with Gasteiger partial charge in [0.15, 0.2) is 0 Å². The van der Waals surface area contributed by atoms with Crippen molar-refractivity contribution in [3.63, 3.8) is 0 Å². The number of hydrogen-bond donors (Lipinski definition) is 2. The van der Waals surface area contributed by atoms with Crippen LogP contribution in [-0.2, 0) is 16.6 Å². The molecule has 0 spiro atoms. The lowest BCUT2D eigenvalue weighted by Crippen LogP contribution is -2.14. The molecule has 2 rings (SSSR count). The van der Waals surface area contributed by atoms with E-state index in [0.29, 0.717) is 24.3 Å². The predicted octanol–water partition coefficient (Wildman–Crippen LogP) is 4.00. The van der Waals surface area contributed by atoms with Crippen LogP contribution in [0.2, 0.25) is 5.02 Å². The molecule has 21 heavy (non-hydrogen) atoms. The summed E-state index contributed by atoms with van der Waals surface area (Å²) in [6, 6.07) is 9.54. The van der Waals surface area contributed by atoms with E-state index >= 15 is 0 Å². The minimum atomic E-state index is -3.77. The average Bonchev–Trinajstić information content (AvgIpc) is 2.42. The summed E-state index contributed by atoms with van der Waals surface area (Å²) < 4.78 is 28.6. The summed E-state index contributed by atoms with van der Waals surface area (Å²) in [4.78, 5) is 0.0693. The highest BCUT2D eigenvalue weighted by atomic mass is 127. The van der Waals surface area contributed by atoms with Gasteiger partial charge in [0.05, 0.1) is 12.3 Å². The van der Waals surface area contributed by atoms with Crippen LogP contribution in [0.1, 0.15) is 5.56 Å². The van der Waals surface area contributed by atoms with Gasteiger partial charge < -0.3 is 5.11 Å². The van der Waals surface area contributed by atoms with Crippen LogP contribution in [0, 0.1) is 3.57 Å². The van der Waals surface area contributed by atoms with Gasteiger partial charge in [0, 0.05) is 13.1 Å². The Bertz CT molecular complexity index is 783. The second kappa shape index (κ2) is 6.82. The van der Waals surface area contributed by atoms with Gasteiger partial charge in [-0.05, 0) is 74.4 Å². The van der Waals surface area contributed by atoms with E-state index in [9.17, 15) is 8.42 Å². The van der Waals surface area contributed by atoms with Crippen molar-refractivity contribution in [2.24, 2.45) is 0 Å². The second-order valence-corrected chi connectivity index (χ2v) is 8.26. The highest BCUT2D eigenvalue weighted by Crippen LogP contribution is 2.28. The number of rotatable bonds is 4. The summed E-state index contributed by atoms with van der Waals surface area (Å²) in [5.74, 6) is 0. The Morgan fingerprint density at radius 2 is 1.95 bits per heavy atom. The summed E-state index contributed by atoms with van der Waals surface area (Å²) in [6.45, 7) is -0.228. The number of aliphatic hydroxyl groups is 1. The molecule has 112 valence electrons. The van der Waals surface area contributed by atoms with Crippen molar-refractivity contribution in [2.75, 3.05) is 4.72 Å². The standard InChI is InChI=1S/C13H10BrClINO3S/c14-10-3-1-8(7-18)5-13(10)21(19,20)17-12-4-2-9(15)6-11(12)16/h1-6,17-18H,7H2. The molecular weight excluding hydrogens is 492 g/mol. The molecule has 0 aliphatic carbocycles. The van der Waals surface area contributed by atoms with Gasteiger partial charge in [0.2, 0.25) is 0 Å². The van der Waals surface area contributed by atoms with Gasteiger partial charge >= 0.3 is 0 Å². The van der Waals surface area contributed by atoms with E-state index in [1.807, 2.05) is 22.6 Å². The third-order valence-electron chi connectivity index (χ3n) is 2.64. The molecule has 0 radical (unpaired) electrons. The third-order valence-corrected chi connectivity index (χ3v) is 6.13. The van der Waals surface area contributed by atoms with Gasteiger partial charge in [-0.2, -0.15) is 0 Å². The number of hydrogen-bond acceptors (Lipinski definition) is 3. The fraction of sp³-hybridized carbons (Fsp3) is 0.0769. The van der Waals surface area contributed by atoms with Crippen molar-refractivity contribution in [2.45, 2.75) is 11.5 Å². The van der Waals surface area contributed by atoms with Gasteiger partial charge in [0.25, 0.3) is 10.0 Å². The fourth-order valence-corrected chi connectivity index (χ4v) is 4.91. The smallest absolute Gasteiger partial charge is 0.263 e. The second-order valence-electron chi connectivity index (χ2n) is 4.15. The van der Waals surface area contributed by atoms with Crippen molar-refractivity contribution >= 4 is 65.8 Å². The van der Waals surface area contributed by atoms with E-state index in [4.69, 9.17) is 16.7 Å². The zero-order chi connectivity index (χ0) is 15.6. The van der Waals surface area contributed by atoms with Crippen LogP contribution in [0.15, 0.2) is 45.8 Å². The van der Waals surface area contributed by atoms with E-state index in [-0.39, 0.29) is 11.5 Å². The Balaban J connectivity index is 2.43. The quantitative estimate of drug-likeness (QED) is 0.622. The molecule has 2 aromatic carbocycles. The van der Waals surface area contributed by atoms with Crippen LogP contribution in [0.4, 0.5) is 5.69 Å². The summed E-state index contributed by atoms with van der Waals surface area (Å²) in [6.07, 6.45) is 0. The Kier molecular flexibility index (Phi) is 5.53. The third kappa shape index (κ3) is 4.10. The first-order valence-corrected chi connectivity index (χ1v) is 9.44. The van der Waals surface area contributed by atoms with E-state index in [0.717, 1.165) is 0 Å². The molecule has 0 bridgehead atoms. The first-order valence-electron chi connectivity index (χ1n) is 5.70. The fourth-order valence-electron chi connectivity index (χ4n) is 1.62. The van der Waals surface area contributed by atoms with Gasteiger partial charge in [-0.15, -0.1) is 0 Å². The van der Waals surface area contributed by atoms with Gasteiger partial charge in [0.1, 0.15) is 4.90 Å². The normalized spacial score (nSPS) is 11.4. The SMILES string of the molecule is O=S(=O)(Nc1ccc(Cl)cc1I)c1cc(CO)ccc1Br. The molecule has 4 nitrogen and oxygen atoms in total. The highest BCUT2D eigenvalue weighted by Gasteiger charge is 2.19. The van der Waals surface area contributed by atoms with Crippen LogP contribution >= 0.6 is 50.1 Å². The molecule has 0 heterocycles. The maximum Gasteiger partial charge on any atom is 0.263 e. The lowest BCUT2D eigenvalue weighted by molar-refractivity contribution is 0.281. The molecule has 0 aliphatic heterocycles. The maximum atomic E-state index is 12.5. The zero-order valence-electron chi connectivity index (χ0n) is 10.5. The first kappa shape index (κ1) is 17.0. The van der Waals surface area contributed by atoms with Crippen molar-refractivity contribution in [3.8, 4) is 0 Å². The van der Waals surface area contributed by atoms with E-state index in [2.05, 4.69) is 20.7 Å². The Hall–Kier alpha value is -0.350. The Morgan fingerprint density at radius 3 is 2.57 bits per heavy atom. The van der Waals surface area contributed by atoms with Crippen LogP contribution in [0.3, 0.4) is 0 Å². The lowest BCUT2D eigenvalue weighted by atomic mass is 10.2. The van der Waals surface area contributed by atoms with Crippen LogP contribution in [0.5, 0.6) is 0 Å². The topological polar surface area (TPSA) is 66.4 Å². The first-order chi connectivity index (χ1) is 9.83. The minimum absolute atomic E-state index is 0.0693. The summed E-state index contributed by atoms with van der Waals surface area (Å²) >= 11 is 11.1. The molecule has 2 N–H and O–H groups in total. The van der Waals surface area contributed by atoms with Crippen molar-refractivity contribution in [3.05, 3.63) is 55.0 Å². The molecule has 0 aromatic heterocycles.